The zero-order valence-electron chi connectivity index (χ0n) is 15.4. The van der Waals surface area contributed by atoms with Crippen molar-refractivity contribution >= 4 is 17.5 Å². The molecule has 0 aliphatic carbocycles. The summed E-state index contributed by atoms with van der Waals surface area (Å²) in [6.07, 6.45) is 4.00. The minimum Gasteiger partial charge on any atom is -0.421 e. The van der Waals surface area contributed by atoms with Gasteiger partial charge >= 0.3 is 6.09 Å². The van der Waals surface area contributed by atoms with Crippen LogP contribution in [-0.2, 0) is 4.74 Å². The van der Waals surface area contributed by atoms with Gasteiger partial charge in [0.05, 0.1) is 23.6 Å². The fraction of sp³-hybridized carbons (Fsp3) is 0.500. The predicted molar refractivity (Wildman–Crippen MR) is 98.2 cm³/mol. The van der Waals surface area contributed by atoms with Crippen LogP contribution in [0, 0.1) is 5.82 Å². The van der Waals surface area contributed by atoms with Crippen molar-refractivity contribution in [1.29, 1.82) is 0 Å². The lowest BCUT2D eigenvalue weighted by Crippen LogP contribution is -2.41. The third-order valence-corrected chi connectivity index (χ3v) is 5.39. The molecule has 2 atom stereocenters. The SMILES string of the molecule is CNC1CCN(c2ccc(N3C(=O)O[C@@H](n4ccnn4)C3C)cc2F)CC1. The van der Waals surface area contributed by atoms with E-state index in [-0.39, 0.29) is 11.9 Å². The van der Waals surface area contributed by atoms with E-state index >= 15 is 0 Å². The molecule has 1 N–H and O–H groups in total. The van der Waals surface area contributed by atoms with E-state index in [1.54, 1.807) is 18.3 Å². The van der Waals surface area contributed by atoms with Gasteiger partial charge in [-0.15, -0.1) is 5.10 Å². The number of hydrogen-bond donors (Lipinski definition) is 1. The van der Waals surface area contributed by atoms with Gasteiger partial charge in [-0.05, 0) is 45.0 Å². The van der Waals surface area contributed by atoms with Gasteiger partial charge in [0.1, 0.15) is 5.82 Å². The highest BCUT2D eigenvalue weighted by molar-refractivity contribution is 5.90. The number of ether oxygens (including phenoxy) is 1. The van der Waals surface area contributed by atoms with Gasteiger partial charge in [0, 0.05) is 25.3 Å². The summed E-state index contributed by atoms with van der Waals surface area (Å²) in [4.78, 5) is 15.9. The monoisotopic (exact) mass is 374 g/mol. The normalized spacial score (nSPS) is 23.7. The van der Waals surface area contributed by atoms with E-state index in [9.17, 15) is 9.18 Å². The third-order valence-electron chi connectivity index (χ3n) is 5.39. The average molecular weight is 374 g/mol. The molecule has 9 heteroatoms. The highest BCUT2D eigenvalue weighted by Gasteiger charge is 2.41. The second kappa shape index (κ2) is 7.15. The number of rotatable bonds is 4. The number of nitrogens with one attached hydrogen (secondary N) is 1. The second-order valence-corrected chi connectivity index (χ2v) is 6.95. The average Bonchev–Trinajstić information content (AvgIpc) is 3.30. The number of piperidine rings is 1. The van der Waals surface area contributed by atoms with E-state index in [0.29, 0.717) is 17.4 Å². The van der Waals surface area contributed by atoms with E-state index in [1.807, 2.05) is 14.0 Å². The summed E-state index contributed by atoms with van der Waals surface area (Å²) in [5.41, 5.74) is 1.04. The predicted octanol–water partition coefficient (Wildman–Crippen LogP) is 2.15. The third kappa shape index (κ3) is 3.23. The first kappa shape index (κ1) is 17.7. The molecule has 27 heavy (non-hydrogen) atoms. The number of anilines is 2. The molecule has 144 valence electrons. The fourth-order valence-corrected chi connectivity index (χ4v) is 3.83. The molecule has 0 bridgehead atoms. The molecule has 0 spiro atoms. The molecule has 1 amide bonds. The van der Waals surface area contributed by atoms with Crippen LogP contribution < -0.4 is 15.1 Å². The van der Waals surface area contributed by atoms with E-state index < -0.39 is 12.3 Å². The van der Waals surface area contributed by atoms with Crippen LogP contribution in [0.5, 0.6) is 0 Å². The summed E-state index contributed by atoms with van der Waals surface area (Å²) in [5, 5.41) is 10.9. The van der Waals surface area contributed by atoms with Crippen molar-refractivity contribution < 1.29 is 13.9 Å². The Hall–Kier alpha value is -2.68. The first-order valence-corrected chi connectivity index (χ1v) is 9.16. The maximum Gasteiger partial charge on any atom is 0.416 e. The molecule has 2 aliphatic heterocycles. The Labute approximate surface area is 156 Å². The number of carbonyl (C=O) groups excluding carboxylic acids is 1. The Kier molecular flexibility index (Phi) is 4.69. The number of amides is 1. The van der Waals surface area contributed by atoms with Gasteiger partial charge in [0.2, 0.25) is 6.23 Å². The van der Waals surface area contributed by atoms with Gasteiger partial charge in [0.15, 0.2) is 0 Å². The summed E-state index contributed by atoms with van der Waals surface area (Å²) >= 11 is 0. The molecule has 2 aromatic rings. The minimum atomic E-state index is -0.594. The highest BCUT2D eigenvalue weighted by atomic mass is 19.1. The van der Waals surface area contributed by atoms with Crippen molar-refractivity contribution in [3.63, 3.8) is 0 Å². The Morgan fingerprint density at radius 1 is 1.30 bits per heavy atom. The van der Waals surface area contributed by atoms with Crippen LogP contribution in [0.1, 0.15) is 26.0 Å². The van der Waals surface area contributed by atoms with Crippen LogP contribution in [-0.4, -0.2) is 53.3 Å². The van der Waals surface area contributed by atoms with Crippen molar-refractivity contribution in [3.8, 4) is 0 Å². The van der Waals surface area contributed by atoms with Gasteiger partial charge < -0.3 is 15.0 Å². The molecule has 4 rings (SSSR count). The summed E-state index contributed by atoms with van der Waals surface area (Å²) in [6, 6.07) is 5.06. The highest BCUT2D eigenvalue weighted by Crippen LogP contribution is 2.34. The number of carbonyl (C=O) groups is 1. The number of halogens is 1. The zero-order valence-corrected chi connectivity index (χ0v) is 15.4. The van der Waals surface area contributed by atoms with Crippen LogP contribution in [0.15, 0.2) is 30.6 Å². The van der Waals surface area contributed by atoms with Gasteiger partial charge in [-0.25, -0.2) is 13.9 Å². The Balaban J connectivity index is 1.53. The standard InChI is InChI=1S/C18H23FN6O2/c1-12-17(24-10-7-21-22-24)27-18(26)25(12)14-3-4-16(15(19)11-14)23-8-5-13(20-2)6-9-23/h3-4,7,10-13,17,20H,5-6,8-9H2,1-2H3/t12?,17-/m1/s1. The van der Waals surface area contributed by atoms with Crippen molar-refractivity contribution in [1.82, 2.24) is 20.3 Å². The maximum atomic E-state index is 14.8. The summed E-state index contributed by atoms with van der Waals surface area (Å²) in [7, 11) is 1.96. The second-order valence-electron chi connectivity index (χ2n) is 6.95. The van der Waals surface area contributed by atoms with E-state index in [4.69, 9.17) is 4.74 Å². The molecule has 1 aromatic carbocycles. The Morgan fingerprint density at radius 2 is 2.07 bits per heavy atom. The number of hydrogen-bond acceptors (Lipinski definition) is 6. The van der Waals surface area contributed by atoms with Crippen LogP contribution in [0.25, 0.3) is 0 Å². The van der Waals surface area contributed by atoms with Crippen molar-refractivity contribution in [2.45, 2.75) is 38.1 Å². The summed E-state index contributed by atoms with van der Waals surface area (Å²) < 4.78 is 21.7. The Morgan fingerprint density at radius 3 is 2.70 bits per heavy atom. The van der Waals surface area contributed by atoms with E-state index in [1.165, 1.54) is 21.8 Å². The van der Waals surface area contributed by atoms with Gasteiger partial charge in [-0.3, -0.25) is 4.90 Å². The zero-order chi connectivity index (χ0) is 19.0. The molecule has 1 aromatic heterocycles. The first-order chi connectivity index (χ1) is 13.1. The van der Waals surface area contributed by atoms with Crippen LogP contribution in [0.2, 0.25) is 0 Å². The van der Waals surface area contributed by atoms with E-state index in [2.05, 4.69) is 20.5 Å². The molecule has 2 fully saturated rings. The first-order valence-electron chi connectivity index (χ1n) is 9.16. The molecule has 8 nitrogen and oxygen atoms in total. The molecule has 0 radical (unpaired) electrons. The molecule has 1 unspecified atom stereocenters. The Bertz CT molecular complexity index is 806. The van der Waals surface area contributed by atoms with Crippen LogP contribution in [0.4, 0.5) is 20.6 Å². The lowest BCUT2D eigenvalue weighted by molar-refractivity contribution is 0.0782. The lowest BCUT2D eigenvalue weighted by Gasteiger charge is -2.34. The van der Waals surface area contributed by atoms with Gasteiger partial charge in [0.25, 0.3) is 0 Å². The molecule has 3 heterocycles. The molecule has 2 aliphatic rings. The summed E-state index contributed by atoms with van der Waals surface area (Å²) in [5.74, 6) is -0.334. The molecular formula is C18H23FN6O2. The lowest BCUT2D eigenvalue weighted by atomic mass is 10.0. The smallest absolute Gasteiger partial charge is 0.416 e. The van der Waals surface area contributed by atoms with Crippen molar-refractivity contribution in [2.24, 2.45) is 0 Å². The molecular weight excluding hydrogens is 351 g/mol. The molecule has 0 saturated carbocycles. The van der Waals surface area contributed by atoms with Gasteiger partial charge in [-0.2, -0.15) is 0 Å². The van der Waals surface area contributed by atoms with Crippen LogP contribution in [0.3, 0.4) is 0 Å². The topological polar surface area (TPSA) is 75.5 Å². The van der Waals surface area contributed by atoms with Crippen molar-refractivity contribution in [2.75, 3.05) is 29.9 Å². The van der Waals surface area contributed by atoms with E-state index in [0.717, 1.165) is 25.9 Å². The molecule has 2 saturated heterocycles. The van der Waals surface area contributed by atoms with Gasteiger partial charge in [-0.1, -0.05) is 5.21 Å². The van der Waals surface area contributed by atoms with Crippen molar-refractivity contribution in [3.05, 3.63) is 36.4 Å². The number of aromatic nitrogens is 3. The number of cyclic esters (lactones) is 1. The number of nitrogens with zero attached hydrogens (tertiary/aromatic N) is 5. The number of benzene rings is 1. The largest absolute Gasteiger partial charge is 0.421 e. The fourth-order valence-electron chi connectivity index (χ4n) is 3.83. The quantitative estimate of drug-likeness (QED) is 0.884. The minimum absolute atomic E-state index is 0.334. The van der Waals surface area contributed by atoms with Crippen LogP contribution >= 0.6 is 0 Å². The maximum absolute atomic E-state index is 14.8. The summed E-state index contributed by atoms with van der Waals surface area (Å²) in [6.45, 7) is 3.45.